The molecule has 0 unspecified atom stereocenters. The Morgan fingerprint density at radius 3 is 2.59 bits per heavy atom. The van der Waals surface area contributed by atoms with E-state index in [1.807, 2.05) is 66.6 Å². The minimum atomic E-state index is -0.380. The van der Waals surface area contributed by atoms with E-state index in [1.54, 1.807) is 12.1 Å². The molecule has 0 saturated heterocycles. The van der Waals surface area contributed by atoms with Crippen molar-refractivity contribution in [1.29, 1.82) is 0 Å². The fraction of sp³-hybridized carbons (Fsp3) is 0.115. The van der Waals surface area contributed by atoms with Gasteiger partial charge >= 0.3 is 6.03 Å². The molecule has 1 aromatic heterocycles. The van der Waals surface area contributed by atoms with Gasteiger partial charge in [0.2, 0.25) is 0 Å². The Balaban J connectivity index is 1.61. The van der Waals surface area contributed by atoms with Gasteiger partial charge < -0.3 is 14.8 Å². The Labute approximate surface area is 194 Å². The van der Waals surface area contributed by atoms with Crippen LogP contribution in [-0.2, 0) is 6.54 Å². The van der Waals surface area contributed by atoms with Crippen LogP contribution in [0.15, 0.2) is 89.5 Å². The van der Waals surface area contributed by atoms with E-state index in [0.29, 0.717) is 6.54 Å². The van der Waals surface area contributed by atoms with Gasteiger partial charge in [0.15, 0.2) is 0 Å². The number of urea groups is 1. The molecule has 1 atom stereocenters. The highest BCUT2D eigenvalue weighted by molar-refractivity contribution is 9.10. The molecular formula is C26H21BrFN3O. The summed E-state index contributed by atoms with van der Waals surface area (Å²) in [7, 11) is 0. The minimum absolute atomic E-state index is 0.217. The van der Waals surface area contributed by atoms with Gasteiger partial charge in [-0.1, -0.05) is 46.3 Å². The average Bonchev–Trinajstić information content (AvgIpc) is 3.21. The molecule has 1 aliphatic rings. The van der Waals surface area contributed by atoms with E-state index in [-0.39, 0.29) is 17.9 Å². The van der Waals surface area contributed by atoms with Crippen molar-refractivity contribution < 1.29 is 9.18 Å². The number of amides is 2. The minimum Gasteiger partial charge on any atom is -0.318 e. The van der Waals surface area contributed by atoms with Crippen molar-refractivity contribution >= 4 is 27.6 Å². The van der Waals surface area contributed by atoms with Crippen LogP contribution in [0.4, 0.5) is 14.9 Å². The smallest absolute Gasteiger partial charge is 0.318 e. The number of carbonyl (C=O) groups excluding carboxylic acids is 1. The molecule has 2 amide bonds. The summed E-state index contributed by atoms with van der Waals surface area (Å²) in [5, 5.41) is 3.06. The van der Waals surface area contributed by atoms with Gasteiger partial charge in [-0.05, 0) is 72.1 Å². The standard InChI is InChI=1S/C26H21BrFN3O/c1-17-15-21(12-13-22(17)27)29-26(32)31-16-19-5-2-3-6-23(19)30-14-4-7-24(30)25(31)18-8-10-20(28)11-9-18/h2-15,25H,16H2,1H3,(H,29,32)/t25-/m0/s1. The third-order valence-corrected chi connectivity index (χ3v) is 6.71. The summed E-state index contributed by atoms with van der Waals surface area (Å²) in [4.78, 5) is 15.4. The van der Waals surface area contributed by atoms with Crippen molar-refractivity contribution in [2.24, 2.45) is 0 Å². The monoisotopic (exact) mass is 489 g/mol. The molecule has 4 nitrogen and oxygen atoms in total. The van der Waals surface area contributed by atoms with Crippen LogP contribution in [-0.4, -0.2) is 15.5 Å². The van der Waals surface area contributed by atoms with Crippen molar-refractivity contribution in [3.8, 4) is 5.69 Å². The third kappa shape index (κ3) is 3.71. The van der Waals surface area contributed by atoms with Crippen molar-refractivity contribution in [3.05, 3.63) is 118 Å². The molecular weight excluding hydrogens is 469 g/mol. The topological polar surface area (TPSA) is 37.3 Å². The van der Waals surface area contributed by atoms with Crippen LogP contribution in [0, 0.1) is 12.7 Å². The van der Waals surface area contributed by atoms with E-state index >= 15 is 0 Å². The Morgan fingerprint density at radius 1 is 1.03 bits per heavy atom. The first-order chi connectivity index (χ1) is 15.5. The molecule has 5 rings (SSSR count). The van der Waals surface area contributed by atoms with Crippen LogP contribution < -0.4 is 5.32 Å². The number of nitrogens with one attached hydrogen (secondary N) is 1. The number of aryl methyl sites for hydroxylation is 1. The highest BCUT2D eigenvalue weighted by Gasteiger charge is 2.33. The molecule has 1 aliphatic heterocycles. The molecule has 4 aromatic rings. The quantitative estimate of drug-likeness (QED) is 0.329. The largest absolute Gasteiger partial charge is 0.322 e. The molecule has 2 heterocycles. The molecule has 0 aliphatic carbocycles. The summed E-state index contributed by atoms with van der Waals surface area (Å²) in [5.41, 5.74) is 5.63. The van der Waals surface area contributed by atoms with E-state index < -0.39 is 0 Å². The van der Waals surface area contributed by atoms with Gasteiger partial charge in [-0.3, -0.25) is 0 Å². The molecule has 6 heteroatoms. The second kappa shape index (κ2) is 8.28. The second-order valence-corrected chi connectivity index (χ2v) is 8.76. The first-order valence-electron chi connectivity index (χ1n) is 10.4. The maximum atomic E-state index is 13.7. The number of carbonyl (C=O) groups is 1. The first-order valence-corrected chi connectivity index (χ1v) is 11.2. The number of aromatic nitrogens is 1. The predicted octanol–water partition coefficient (Wildman–Crippen LogP) is 6.82. The van der Waals surface area contributed by atoms with Crippen LogP contribution in [0.2, 0.25) is 0 Å². The zero-order valence-electron chi connectivity index (χ0n) is 17.4. The fourth-order valence-corrected chi connectivity index (χ4v) is 4.50. The number of para-hydroxylation sites is 1. The van der Waals surface area contributed by atoms with E-state index in [9.17, 15) is 9.18 Å². The number of anilines is 1. The molecule has 0 fully saturated rings. The Kier molecular flexibility index (Phi) is 5.31. The summed E-state index contributed by atoms with van der Waals surface area (Å²) in [5.74, 6) is -0.303. The second-order valence-electron chi connectivity index (χ2n) is 7.91. The van der Waals surface area contributed by atoms with Gasteiger partial charge in [0, 0.05) is 22.1 Å². The average molecular weight is 490 g/mol. The Bertz CT molecular complexity index is 1300. The van der Waals surface area contributed by atoms with Gasteiger partial charge in [0.25, 0.3) is 0 Å². The number of nitrogens with zero attached hydrogens (tertiary/aromatic N) is 2. The van der Waals surface area contributed by atoms with Crippen LogP contribution in [0.3, 0.4) is 0 Å². The van der Waals surface area contributed by atoms with Gasteiger partial charge in [-0.15, -0.1) is 0 Å². The van der Waals surface area contributed by atoms with E-state index in [2.05, 4.69) is 31.9 Å². The number of hydrogen-bond donors (Lipinski definition) is 1. The summed E-state index contributed by atoms with van der Waals surface area (Å²) < 4.78 is 16.8. The number of benzene rings is 3. The van der Waals surface area contributed by atoms with Crippen LogP contribution >= 0.6 is 15.9 Å². The SMILES string of the molecule is Cc1cc(NC(=O)N2Cc3ccccc3-n3cccc3[C@@H]2c2ccc(F)cc2)ccc1Br. The van der Waals surface area contributed by atoms with Crippen LogP contribution in [0.5, 0.6) is 0 Å². The molecule has 160 valence electrons. The summed E-state index contributed by atoms with van der Waals surface area (Å²) in [6.07, 6.45) is 2.00. The van der Waals surface area contributed by atoms with Crippen LogP contribution in [0.25, 0.3) is 5.69 Å². The lowest BCUT2D eigenvalue weighted by Crippen LogP contribution is -2.37. The van der Waals surface area contributed by atoms with Crippen LogP contribution in [0.1, 0.15) is 28.4 Å². The molecule has 0 spiro atoms. The van der Waals surface area contributed by atoms with Gasteiger partial charge in [-0.2, -0.15) is 0 Å². The first kappa shape index (κ1) is 20.5. The summed E-state index contributed by atoms with van der Waals surface area (Å²) in [6, 6.07) is 23.6. The highest BCUT2D eigenvalue weighted by atomic mass is 79.9. The Morgan fingerprint density at radius 2 is 1.81 bits per heavy atom. The maximum absolute atomic E-state index is 13.7. The Hall–Kier alpha value is -3.38. The molecule has 1 N–H and O–H groups in total. The normalized spacial score (nSPS) is 15.0. The molecule has 0 saturated carbocycles. The van der Waals surface area contributed by atoms with E-state index in [4.69, 9.17) is 0 Å². The van der Waals surface area contributed by atoms with Crippen molar-refractivity contribution in [3.63, 3.8) is 0 Å². The molecule has 32 heavy (non-hydrogen) atoms. The van der Waals surface area contributed by atoms with Crippen molar-refractivity contribution in [2.45, 2.75) is 19.5 Å². The predicted molar refractivity (Wildman–Crippen MR) is 127 cm³/mol. The highest BCUT2D eigenvalue weighted by Crippen LogP contribution is 2.37. The number of halogens is 2. The van der Waals surface area contributed by atoms with Crippen molar-refractivity contribution in [1.82, 2.24) is 9.47 Å². The zero-order valence-corrected chi connectivity index (χ0v) is 19.0. The lowest BCUT2D eigenvalue weighted by Gasteiger charge is -2.31. The number of rotatable bonds is 2. The lowest BCUT2D eigenvalue weighted by molar-refractivity contribution is 0.194. The van der Waals surface area contributed by atoms with E-state index in [0.717, 1.165) is 38.2 Å². The summed E-state index contributed by atoms with van der Waals surface area (Å²) in [6.45, 7) is 2.40. The lowest BCUT2D eigenvalue weighted by atomic mass is 10.0. The molecule has 3 aromatic carbocycles. The number of fused-ring (bicyclic) bond motifs is 3. The molecule has 0 radical (unpaired) electrons. The fourth-order valence-electron chi connectivity index (χ4n) is 4.25. The third-order valence-electron chi connectivity index (χ3n) is 5.82. The zero-order chi connectivity index (χ0) is 22.2. The summed E-state index contributed by atoms with van der Waals surface area (Å²) >= 11 is 3.50. The van der Waals surface area contributed by atoms with Gasteiger partial charge in [0.05, 0.1) is 18.3 Å². The maximum Gasteiger partial charge on any atom is 0.322 e. The van der Waals surface area contributed by atoms with Gasteiger partial charge in [0.1, 0.15) is 5.82 Å². The van der Waals surface area contributed by atoms with Crippen molar-refractivity contribution in [2.75, 3.05) is 5.32 Å². The molecule has 0 bridgehead atoms. The van der Waals surface area contributed by atoms with Gasteiger partial charge in [-0.25, -0.2) is 9.18 Å². The number of hydrogen-bond acceptors (Lipinski definition) is 1. The van der Waals surface area contributed by atoms with E-state index in [1.165, 1.54) is 12.1 Å².